The minimum Gasteiger partial charge on any atom is -0.393 e. The van der Waals surface area contributed by atoms with E-state index in [1.165, 1.54) is 6.42 Å². The zero-order valence-electron chi connectivity index (χ0n) is 4.88. The van der Waals surface area contributed by atoms with Crippen LogP contribution in [0.15, 0.2) is 0 Å². The summed E-state index contributed by atoms with van der Waals surface area (Å²) in [6.07, 6.45) is 4.14. The minimum atomic E-state index is -0.0637. The number of rotatable bonds is 0. The average Bonchev–Trinajstić information content (AvgIpc) is 1.64. The second kappa shape index (κ2) is 2.74. The fourth-order valence-corrected chi connectivity index (χ4v) is 1.56. The summed E-state index contributed by atoms with van der Waals surface area (Å²) in [7, 11) is 0. The van der Waals surface area contributed by atoms with Crippen molar-refractivity contribution in [3.05, 3.63) is 0 Å². The van der Waals surface area contributed by atoms with Gasteiger partial charge in [-0.25, -0.2) is 0 Å². The van der Waals surface area contributed by atoms with Crippen molar-refractivity contribution in [2.24, 2.45) is 0 Å². The summed E-state index contributed by atoms with van der Waals surface area (Å²) in [6.45, 7) is 0. The fraction of sp³-hybridized carbons (Fsp3) is 1.00. The number of aliphatic hydroxyl groups is 1. The summed E-state index contributed by atoms with van der Waals surface area (Å²) in [5.41, 5.74) is 0. The molecule has 0 heterocycles. The van der Waals surface area contributed by atoms with Crippen molar-refractivity contribution in [3.63, 3.8) is 0 Å². The van der Waals surface area contributed by atoms with Gasteiger partial charge in [-0.1, -0.05) is 0 Å². The number of aliphatic hydroxyl groups excluding tert-OH is 1. The second-order valence-electron chi connectivity index (χ2n) is 2.47. The summed E-state index contributed by atoms with van der Waals surface area (Å²) in [5.74, 6) is 0. The van der Waals surface area contributed by atoms with Crippen LogP contribution >= 0.6 is 12.6 Å². The van der Waals surface area contributed by atoms with Crippen LogP contribution in [-0.2, 0) is 0 Å². The molecule has 0 amide bonds. The van der Waals surface area contributed by atoms with Gasteiger partial charge in [0.05, 0.1) is 6.10 Å². The second-order valence-corrected chi connectivity index (χ2v) is 3.20. The lowest BCUT2D eigenvalue weighted by molar-refractivity contribution is 0.133. The highest BCUT2D eigenvalue weighted by Gasteiger charge is 2.15. The molecule has 1 nitrogen and oxygen atoms in total. The van der Waals surface area contributed by atoms with Crippen LogP contribution in [0.4, 0.5) is 0 Å². The minimum absolute atomic E-state index is 0.0637. The first kappa shape index (κ1) is 6.43. The summed E-state index contributed by atoms with van der Waals surface area (Å²) in [6, 6.07) is 0. The molecular weight excluding hydrogens is 120 g/mol. The Morgan fingerprint density at radius 1 is 1.38 bits per heavy atom. The first-order valence-corrected chi connectivity index (χ1v) is 3.67. The van der Waals surface area contributed by atoms with E-state index in [-0.39, 0.29) is 6.10 Å². The summed E-state index contributed by atoms with van der Waals surface area (Å²) in [5, 5.41) is 9.49. The maximum Gasteiger partial charge on any atom is 0.0550 e. The lowest BCUT2D eigenvalue weighted by atomic mass is 9.97. The van der Waals surface area contributed by atoms with Crippen LogP contribution in [0.1, 0.15) is 25.7 Å². The molecule has 48 valence electrons. The van der Waals surface area contributed by atoms with E-state index in [0.717, 1.165) is 19.3 Å². The Bertz CT molecular complexity index is 66.9. The van der Waals surface area contributed by atoms with Crippen molar-refractivity contribution in [1.29, 1.82) is 0 Å². The van der Waals surface area contributed by atoms with Crippen LogP contribution in [0, 0.1) is 0 Å². The van der Waals surface area contributed by atoms with Crippen molar-refractivity contribution in [3.8, 4) is 0 Å². The smallest absolute Gasteiger partial charge is 0.0550 e. The maximum absolute atomic E-state index is 9.03. The van der Waals surface area contributed by atoms with Gasteiger partial charge in [-0.05, 0) is 25.7 Å². The van der Waals surface area contributed by atoms with Crippen LogP contribution < -0.4 is 0 Å². The van der Waals surface area contributed by atoms with Gasteiger partial charge in [0.1, 0.15) is 0 Å². The van der Waals surface area contributed by atoms with Crippen LogP contribution in [-0.4, -0.2) is 16.5 Å². The molecule has 2 atom stereocenters. The van der Waals surface area contributed by atoms with Gasteiger partial charge in [0.2, 0.25) is 0 Å². The number of thiol groups is 1. The van der Waals surface area contributed by atoms with E-state index in [4.69, 9.17) is 5.11 Å². The molecule has 0 spiro atoms. The van der Waals surface area contributed by atoms with Gasteiger partial charge in [-0.3, -0.25) is 0 Å². The maximum atomic E-state index is 9.03. The zero-order chi connectivity index (χ0) is 5.98. The Morgan fingerprint density at radius 3 is 2.50 bits per heavy atom. The van der Waals surface area contributed by atoms with Gasteiger partial charge in [-0.15, -0.1) is 0 Å². The molecule has 1 N–H and O–H groups in total. The van der Waals surface area contributed by atoms with Crippen LogP contribution in [0.2, 0.25) is 0 Å². The molecule has 1 fully saturated rings. The van der Waals surface area contributed by atoms with Crippen molar-refractivity contribution < 1.29 is 5.11 Å². The first-order valence-electron chi connectivity index (χ1n) is 3.15. The zero-order valence-corrected chi connectivity index (χ0v) is 5.77. The van der Waals surface area contributed by atoms with Crippen molar-refractivity contribution in [2.45, 2.75) is 37.0 Å². The fourth-order valence-electron chi connectivity index (χ4n) is 1.14. The third kappa shape index (κ3) is 1.67. The molecule has 0 aromatic carbocycles. The molecule has 1 aliphatic carbocycles. The Morgan fingerprint density at radius 2 is 2.12 bits per heavy atom. The predicted octanol–water partition coefficient (Wildman–Crippen LogP) is 1.22. The third-order valence-corrected chi connectivity index (χ3v) is 2.09. The molecular formula is C6H12OS. The molecule has 1 rings (SSSR count). The average molecular weight is 132 g/mol. The summed E-state index contributed by atoms with van der Waals surface area (Å²) >= 11 is 4.26. The lowest BCUT2D eigenvalue weighted by Crippen LogP contribution is -2.19. The van der Waals surface area contributed by atoms with Gasteiger partial charge < -0.3 is 5.11 Å². The van der Waals surface area contributed by atoms with Crippen molar-refractivity contribution in [2.75, 3.05) is 0 Å². The Labute approximate surface area is 55.5 Å². The topological polar surface area (TPSA) is 20.2 Å². The van der Waals surface area contributed by atoms with E-state index in [1.807, 2.05) is 0 Å². The highest BCUT2D eigenvalue weighted by molar-refractivity contribution is 7.80. The molecule has 0 saturated heterocycles. The Balaban J connectivity index is 2.23. The van der Waals surface area contributed by atoms with Crippen LogP contribution in [0.25, 0.3) is 0 Å². The third-order valence-electron chi connectivity index (χ3n) is 1.62. The molecule has 0 bridgehead atoms. The van der Waals surface area contributed by atoms with Gasteiger partial charge >= 0.3 is 0 Å². The predicted molar refractivity (Wildman–Crippen MR) is 37.2 cm³/mol. The van der Waals surface area contributed by atoms with Crippen LogP contribution in [0.5, 0.6) is 0 Å². The highest BCUT2D eigenvalue weighted by atomic mass is 32.1. The van der Waals surface area contributed by atoms with Crippen molar-refractivity contribution >= 4 is 12.6 Å². The molecule has 0 unspecified atom stereocenters. The molecule has 1 aliphatic rings. The van der Waals surface area contributed by atoms with Gasteiger partial charge in [0, 0.05) is 5.25 Å². The molecule has 0 aromatic heterocycles. The van der Waals surface area contributed by atoms with Gasteiger partial charge in [-0.2, -0.15) is 12.6 Å². The van der Waals surface area contributed by atoms with E-state index >= 15 is 0 Å². The molecule has 1 saturated carbocycles. The largest absolute Gasteiger partial charge is 0.393 e. The molecule has 0 aromatic rings. The number of hydrogen-bond donors (Lipinski definition) is 2. The van der Waals surface area contributed by atoms with E-state index in [2.05, 4.69) is 12.6 Å². The highest BCUT2D eigenvalue weighted by Crippen LogP contribution is 2.21. The Kier molecular flexibility index (Phi) is 2.20. The SMILES string of the molecule is O[C@H]1CCC[C@H](S)C1. The lowest BCUT2D eigenvalue weighted by Gasteiger charge is -2.21. The van der Waals surface area contributed by atoms with Crippen LogP contribution in [0.3, 0.4) is 0 Å². The van der Waals surface area contributed by atoms with E-state index in [1.54, 1.807) is 0 Å². The van der Waals surface area contributed by atoms with Gasteiger partial charge in [0.25, 0.3) is 0 Å². The van der Waals surface area contributed by atoms with E-state index in [0.29, 0.717) is 5.25 Å². The molecule has 0 aliphatic heterocycles. The summed E-state index contributed by atoms with van der Waals surface area (Å²) in [4.78, 5) is 0. The molecule has 2 heteroatoms. The molecule has 8 heavy (non-hydrogen) atoms. The monoisotopic (exact) mass is 132 g/mol. The van der Waals surface area contributed by atoms with Gasteiger partial charge in [0.15, 0.2) is 0 Å². The standard InChI is InChI=1S/C6H12OS/c7-5-2-1-3-6(8)4-5/h5-8H,1-4H2/t5-,6-/m0/s1. The molecule has 0 radical (unpaired) electrons. The first-order chi connectivity index (χ1) is 3.79. The number of hydrogen-bond acceptors (Lipinski definition) is 2. The quantitative estimate of drug-likeness (QED) is 0.475. The van der Waals surface area contributed by atoms with E-state index < -0.39 is 0 Å². The Hall–Kier alpha value is 0.310. The van der Waals surface area contributed by atoms with Crippen molar-refractivity contribution in [1.82, 2.24) is 0 Å². The van der Waals surface area contributed by atoms with E-state index in [9.17, 15) is 0 Å². The summed E-state index contributed by atoms with van der Waals surface area (Å²) < 4.78 is 0. The normalized spacial score (nSPS) is 39.8.